The Balaban J connectivity index is 2.50. The minimum atomic E-state index is 0.00690. The lowest BCUT2D eigenvalue weighted by Crippen LogP contribution is -2.45. The second kappa shape index (κ2) is 5.16. The molecular formula is C9H16N2S2. The van der Waals surface area contributed by atoms with Crippen molar-refractivity contribution in [3.05, 3.63) is 0 Å². The van der Waals surface area contributed by atoms with E-state index < -0.39 is 0 Å². The van der Waals surface area contributed by atoms with E-state index in [1.807, 2.05) is 23.5 Å². The van der Waals surface area contributed by atoms with Crippen molar-refractivity contribution in [2.45, 2.75) is 35.6 Å². The summed E-state index contributed by atoms with van der Waals surface area (Å²) in [5.74, 6) is 9.16. The van der Waals surface area contributed by atoms with Crippen LogP contribution in [0.15, 0.2) is 0 Å². The first-order chi connectivity index (χ1) is 6.19. The molecule has 0 aromatic carbocycles. The van der Waals surface area contributed by atoms with E-state index in [1.54, 1.807) is 0 Å². The van der Waals surface area contributed by atoms with E-state index in [4.69, 9.17) is 12.3 Å². The Labute approximate surface area is 88.8 Å². The zero-order chi connectivity index (χ0) is 9.84. The van der Waals surface area contributed by atoms with Gasteiger partial charge in [-0.1, -0.05) is 19.8 Å². The van der Waals surface area contributed by atoms with Crippen LogP contribution in [-0.4, -0.2) is 27.5 Å². The summed E-state index contributed by atoms with van der Waals surface area (Å²) in [6.45, 7) is 4.51. The largest absolute Gasteiger partial charge is 0.270 e. The summed E-state index contributed by atoms with van der Waals surface area (Å²) in [5, 5.41) is 1.83. The van der Waals surface area contributed by atoms with E-state index in [9.17, 15) is 0 Å². The van der Waals surface area contributed by atoms with Gasteiger partial charge in [0, 0.05) is 21.5 Å². The van der Waals surface area contributed by atoms with Gasteiger partial charge in [0.1, 0.15) is 0 Å². The molecule has 0 radical (unpaired) electrons. The highest BCUT2D eigenvalue weighted by Crippen LogP contribution is 2.36. The van der Waals surface area contributed by atoms with Gasteiger partial charge in [-0.2, -0.15) is 23.5 Å². The molecule has 0 aromatic heterocycles. The number of terminal acetylenes is 1. The molecule has 0 aliphatic carbocycles. The van der Waals surface area contributed by atoms with Crippen molar-refractivity contribution in [1.82, 2.24) is 5.43 Å². The predicted octanol–water partition coefficient (Wildman–Crippen LogP) is 1.08. The molecule has 74 valence electrons. The monoisotopic (exact) mass is 216 g/mol. The lowest BCUT2D eigenvalue weighted by Gasteiger charge is -2.33. The maximum atomic E-state index is 5.38. The van der Waals surface area contributed by atoms with E-state index >= 15 is 0 Å². The summed E-state index contributed by atoms with van der Waals surface area (Å²) >= 11 is 3.93. The lowest BCUT2D eigenvalue weighted by atomic mass is 10.2. The smallest absolute Gasteiger partial charge is 0.0941 e. The molecule has 1 saturated heterocycles. The fourth-order valence-corrected chi connectivity index (χ4v) is 4.27. The average molecular weight is 216 g/mol. The molecule has 4 unspecified atom stereocenters. The summed E-state index contributed by atoms with van der Waals surface area (Å²) in [7, 11) is 0. The Morgan fingerprint density at radius 2 is 2.23 bits per heavy atom. The third kappa shape index (κ3) is 2.81. The molecule has 0 bridgehead atoms. The van der Waals surface area contributed by atoms with Gasteiger partial charge in [0.2, 0.25) is 0 Å². The fourth-order valence-electron chi connectivity index (χ4n) is 1.25. The first kappa shape index (κ1) is 11.3. The van der Waals surface area contributed by atoms with Gasteiger partial charge < -0.3 is 0 Å². The van der Waals surface area contributed by atoms with Crippen LogP contribution in [0.4, 0.5) is 0 Å². The highest BCUT2D eigenvalue weighted by atomic mass is 32.2. The molecule has 2 nitrogen and oxygen atoms in total. The van der Waals surface area contributed by atoms with E-state index in [0.717, 1.165) is 11.0 Å². The van der Waals surface area contributed by atoms with E-state index in [2.05, 4.69) is 25.2 Å². The Hall–Kier alpha value is 0.180. The number of nitrogens with two attached hydrogens (primary N) is 1. The molecular weight excluding hydrogens is 200 g/mol. The van der Waals surface area contributed by atoms with Crippen LogP contribution in [0.2, 0.25) is 0 Å². The van der Waals surface area contributed by atoms with Crippen LogP contribution in [0.25, 0.3) is 0 Å². The molecule has 1 aliphatic heterocycles. The van der Waals surface area contributed by atoms with Crippen LogP contribution in [0.1, 0.15) is 13.8 Å². The Bertz CT molecular complexity index is 202. The molecule has 4 atom stereocenters. The third-order valence-corrected chi connectivity index (χ3v) is 5.80. The molecule has 0 saturated carbocycles. The molecule has 1 rings (SSSR count). The maximum Gasteiger partial charge on any atom is 0.0941 e. The standard InChI is InChI=1S/C9H16N2S2/c1-4-8(11-10)9-5-12-6(2)7(3)13-9/h1,6-9,11H,5,10H2,2-3H3. The minimum Gasteiger partial charge on any atom is -0.270 e. The molecule has 1 heterocycles. The minimum absolute atomic E-state index is 0.00690. The van der Waals surface area contributed by atoms with Crippen molar-refractivity contribution in [1.29, 1.82) is 0 Å². The Kier molecular flexibility index (Phi) is 4.47. The molecule has 1 aliphatic rings. The predicted molar refractivity (Wildman–Crippen MR) is 62.7 cm³/mol. The Morgan fingerprint density at radius 3 is 2.69 bits per heavy atom. The maximum absolute atomic E-state index is 5.38. The molecule has 0 spiro atoms. The normalized spacial score (nSPS) is 36.6. The van der Waals surface area contributed by atoms with Crippen LogP contribution in [-0.2, 0) is 0 Å². The zero-order valence-electron chi connectivity index (χ0n) is 7.99. The average Bonchev–Trinajstić information content (AvgIpc) is 2.13. The van der Waals surface area contributed by atoms with Crippen molar-refractivity contribution in [3.63, 3.8) is 0 Å². The van der Waals surface area contributed by atoms with Crippen molar-refractivity contribution in [2.75, 3.05) is 5.75 Å². The van der Waals surface area contributed by atoms with E-state index in [1.165, 1.54) is 0 Å². The molecule has 4 heteroatoms. The first-order valence-electron chi connectivity index (χ1n) is 4.38. The van der Waals surface area contributed by atoms with E-state index in [-0.39, 0.29) is 6.04 Å². The van der Waals surface area contributed by atoms with Crippen LogP contribution >= 0.6 is 23.5 Å². The van der Waals surface area contributed by atoms with Gasteiger partial charge in [0.15, 0.2) is 0 Å². The van der Waals surface area contributed by atoms with E-state index in [0.29, 0.717) is 10.5 Å². The number of hydrazine groups is 1. The summed E-state index contributed by atoms with van der Waals surface area (Å²) in [5.41, 5.74) is 2.69. The second-order valence-electron chi connectivity index (χ2n) is 3.23. The second-order valence-corrected chi connectivity index (χ2v) is 6.26. The van der Waals surface area contributed by atoms with Gasteiger partial charge in [0.25, 0.3) is 0 Å². The Morgan fingerprint density at radius 1 is 1.54 bits per heavy atom. The van der Waals surface area contributed by atoms with Crippen LogP contribution in [0.5, 0.6) is 0 Å². The number of thioether (sulfide) groups is 2. The summed E-state index contributed by atoms with van der Waals surface area (Å²) in [6.07, 6.45) is 5.38. The number of rotatable bonds is 2. The van der Waals surface area contributed by atoms with Crippen LogP contribution in [0, 0.1) is 12.3 Å². The van der Waals surface area contributed by atoms with Crippen molar-refractivity contribution in [3.8, 4) is 12.3 Å². The van der Waals surface area contributed by atoms with Crippen molar-refractivity contribution >= 4 is 23.5 Å². The van der Waals surface area contributed by atoms with Gasteiger partial charge >= 0.3 is 0 Å². The van der Waals surface area contributed by atoms with Gasteiger partial charge in [-0.25, -0.2) is 5.43 Å². The van der Waals surface area contributed by atoms with Crippen LogP contribution < -0.4 is 11.3 Å². The molecule has 0 aromatic rings. The molecule has 0 amide bonds. The van der Waals surface area contributed by atoms with Gasteiger partial charge in [-0.15, -0.1) is 6.42 Å². The van der Waals surface area contributed by atoms with Crippen molar-refractivity contribution < 1.29 is 0 Å². The topological polar surface area (TPSA) is 38.0 Å². The molecule has 1 fully saturated rings. The highest BCUT2D eigenvalue weighted by Gasteiger charge is 2.29. The summed E-state index contributed by atoms with van der Waals surface area (Å²) in [6, 6.07) is 0.00690. The first-order valence-corrected chi connectivity index (χ1v) is 6.37. The van der Waals surface area contributed by atoms with Gasteiger partial charge in [-0.3, -0.25) is 5.84 Å². The quantitative estimate of drug-likeness (QED) is 0.411. The van der Waals surface area contributed by atoms with Crippen LogP contribution in [0.3, 0.4) is 0 Å². The highest BCUT2D eigenvalue weighted by molar-refractivity contribution is 8.07. The number of nitrogens with one attached hydrogen (secondary N) is 1. The zero-order valence-corrected chi connectivity index (χ0v) is 9.62. The van der Waals surface area contributed by atoms with Gasteiger partial charge in [0.05, 0.1) is 6.04 Å². The molecule has 3 N–H and O–H groups in total. The fraction of sp³-hybridized carbons (Fsp3) is 0.778. The number of hydrogen-bond donors (Lipinski definition) is 2. The summed E-state index contributed by atoms with van der Waals surface area (Å²) < 4.78 is 0. The SMILES string of the molecule is C#CC(NN)C1CSC(C)C(C)S1. The van der Waals surface area contributed by atoms with Crippen molar-refractivity contribution in [2.24, 2.45) is 5.84 Å². The number of hydrogen-bond acceptors (Lipinski definition) is 4. The lowest BCUT2D eigenvalue weighted by molar-refractivity contribution is 0.629. The summed E-state index contributed by atoms with van der Waals surface area (Å²) in [4.78, 5) is 0. The third-order valence-electron chi connectivity index (χ3n) is 2.30. The molecule has 13 heavy (non-hydrogen) atoms. The van der Waals surface area contributed by atoms with Gasteiger partial charge in [-0.05, 0) is 0 Å².